The molecule has 2 atom stereocenters. The molecule has 0 bridgehead atoms. The summed E-state index contributed by atoms with van der Waals surface area (Å²) in [6, 6.07) is 0. The Morgan fingerprint density at radius 2 is 1.50 bits per heavy atom. The molecule has 0 aromatic heterocycles. The number of halogens is 1. The van der Waals surface area contributed by atoms with Gasteiger partial charge in [0, 0.05) is 3.92 Å². The highest BCUT2D eigenvalue weighted by Gasteiger charge is 2.30. The molecule has 2 aliphatic rings. The van der Waals surface area contributed by atoms with Crippen molar-refractivity contribution < 1.29 is 4.74 Å². The van der Waals surface area contributed by atoms with E-state index in [1.165, 1.54) is 64.2 Å². The quantitative estimate of drug-likeness (QED) is 0.465. The van der Waals surface area contributed by atoms with E-state index in [9.17, 15) is 0 Å². The van der Waals surface area contributed by atoms with Gasteiger partial charge in [-0.3, -0.25) is 0 Å². The van der Waals surface area contributed by atoms with E-state index in [-0.39, 0.29) is 0 Å². The third kappa shape index (κ3) is 4.66. The zero-order chi connectivity index (χ0) is 13.0. The van der Waals surface area contributed by atoms with Gasteiger partial charge in [0.25, 0.3) is 0 Å². The average molecular weight is 364 g/mol. The summed E-state index contributed by atoms with van der Waals surface area (Å²) >= 11 is 2.64. The maximum atomic E-state index is 6.47. The highest BCUT2D eigenvalue weighted by Crippen LogP contribution is 2.37. The maximum Gasteiger partial charge on any atom is 0.0696 e. The second-order valence-electron chi connectivity index (χ2n) is 7.05. The van der Waals surface area contributed by atoms with Gasteiger partial charge in [-0.2, -0.15) is 0 Å². The molecule has 2 aliphatic carbocycles. The summed E-state index contributed by atoms with van der Waals surface area (Å²) in [4.78, 5) is 0. The molecule has 2 fully saturated rings. The van der Waals surface area contributed by atoms with Gasteiger partial charge in [0.2, 0.25) is 0 Å². The molecule has 106 valence electrons. The molecule has 2 saturated carbocycles. The van der Waals surface area contributed by atoms with Crippen LogP contribution < -0.4 is 0 Å². The number of rotatable bonds is 2. The van der Waals surface area contributed by atoms with E-state index < -0.39 is 0 Å². The predicted molar refractivity (Wildman–Crippen MR) is 86.4 cm³/mol. The van der Waals surface area contributed by atoms with Crippen LogP contribution in [0.3, 0.4) is 0 Å². The van der Waals surface area contributed by atoms with Crippen LogP contribution in [0.25, 0.3) is 0 Å². The predicted octanol–water partition coefficient (Wildman–Crippen LogP) is 5.50. The second-order valence-corrected chi connectivity index (χ2v) is 8.65. The summed E-state index contributed by atoms with van der Waals surface area (Å²) in [7, 11) is 0. The van der Waals surface area contributed by atoms with Crippen LogP contribution in [-0.2, 0) is 4.74 Å². The lowest BCUT2D eigenvalue weighted by Gasteiger charge is -2.37. The highest BCUT2D eigenvalue weighted by atomic mass is 127. The first-order chi connectivity index (χ1) is 8.57. The van der Waals surface area contributed by atoms with E-state index in [0.717, 1.165) is 3.92 Å². The Morgan fingerprint density at radius 1 is 0.889 bits per heavy atom. The molecule has 0 aromatic carbocycles. The minimum atomic E-state index is 0.539. The summed E-state index contributed by atoms with van der Waals surface area (Å²) in [5.74, 6) is 0. The molecule has 0 saturated heterocycles. The number of alkyl halides is 1. The van der Waals surface area contributed by atoms with Crippen molar-refractivity contribution in [3.63, 3.8) is 0 Å². The topological polar surface area (TPSA) is 9.23 Å². The molecule has 0 spiro atoms. The first kappa shape index (κ1) is 15.1. The minimum Gasteiger partial charge on any atom is -0.374 e. The standard InChI is InChI=1S/C16H29IO/c1-16(2)11-9-13(10-12-16)18-15-8-6-4-3-5-7-14(15)17/h13-15H,3-12H2,1-2H3. The smallest absolute Gasteiger partial charge is 0.0696 e. The van der Waals surface area contributed by atoms with Crippen molar-refractivity contribution in [3.05, 3.63) is 0 Å². The molecule has 0 radical (unpaired) electrons. The normalized spacial score (nSPS) is 34.8. The molecule has 2 rings (SSSR count). The van der Waals surface area contributed by atoms with Gasteiger partial charge < -0.3 is 4.74 Å². The van der Waals surface area contributed by atoms with E-state index in [2.05, 4.69) is 36.4 Å². The van der Waals surface area contributed by atoms with E-state index in [1.54, 1.807) is 0 Å². The lowest BCUT2D eigenvalue weighted by Crippen LogP contribution is -2.34. The largest absolute Gasteiger partial charge is 0.374 e. The Labute approximate surface area is 127 Å². The van der Waals surface area contributed by atoms with Gasteiger partial charge in [0.05, 0.1) is 12.2 Å². The lowest BCUT2D eigenvalue weighted by atomic mass is 9.76. The average Bonchev–Trinajstić information content (AvgIpc) is 2.31. The van der Waals surface area contributed by atoms with Crippen LogP contribution in [0.4, 0.5) is 0 Å². The molecule has 0 N–H and O–H groups in total. The Kier molecular flexibility index (Phi) is 5.80. The fourth-order valence-corrected chi connectivity index (χ4v) is 4.28. The molecule has 0 amide bonds. The molecular formula is C16H29IO. The number of hydrogen-bond donors (Lipinski definition) is 0. The van der Waals surface area contributed by atoms with Gasteiger partial charge in [0.15, 0.2) is 0 Å². The molecule has 18 heavy (non-hydrogen) atoms. The van der Waals surface area contributed by atoms with Crippen molar-refractivity contribution in [2.75, 3.05) is 0 Å². The third-order valence-corrected chi connectivity index (χ3v) is 6.20. The van der Waals surface area contributed by atoms with Crippen molar-refractivity contribution in [1.29, 1.82) is 0 Å². The maximum absolute atomic E-state index is 6.47. The lowest BCUT2D eigenvalue weighted by molar-refractivity contribution is -0.0496. The monoisotopic (exact) mass is 364 g/mol. The zero-order valence-corrected chi connectivity index (χ0v) is 14.2. The van der Waals surface area contributed by atoms with Crippen molar-refractivity contribution in [3.8, 4) is 0 Å². The van der Waals surface area contributed by atoms with Crippen LogP contribution in [0.1, 0.15) is 78.1 Å². The van der Waals surface area contributed by atoms with Crippen molar-refractivity contribution in [1.82, 2.24) is 0 Å². The van der Waals surface area contributed by atoms with Gasteiger partial charge in [-0.1, -0.05) is 62.1 Å². The first-order valence-corrected chi connectivity index (χ1v) is 9.11. The Hall–Kier alpha value is 0.690. The number of ether oxygens (including phenoxy) is 1. The second kappa shape index (κ2) is 6.92. The fraction of sp³-hybridized carbons (Fsp3) is 1.00. The van der Waals surface area contributed by atoms with Crippen LogP contribution in [-0.4, -0.2) is 16.1 Å². The molecular weight excluding hydrogens is 335 g/mol. The summed E-state index contributed by atoms with van der Waals surface area (Å²) in [6.07, 6.45) is 14.7. The molecule has 0 heterocycles. The van der Waals surface area contributed by atoms with E-state index >= 15 is 0 Å². The van der Waals surface area contributed by atoms with Crippen molar-refractivity contribution >= 4 is 22.6 Å². The van der Waals surface area contributed by atoms with Crippen LogP contribution in [0, 0.1) is 5.41 Å². The zero-order valence-electron chi connectivity index (χ0n) is 12.1. The third-order valence-electron chi connectivity index (χ3n) is 4.78. The Morgan fingerprint density at radius 3 is 2.17 bits per heavy atom. The molecule has 2 unspecified atom stereocenters. The van der Waals surface area contributed by atoms with Crippen LogP contribution in [0.2, 0.25) is 0 Å². The van der Waals surface area contributed by atoms with Crippen LogP contribution in [0.15, 0.2) is 0 Å². The summed E-state index contributed by atoms with van der Waals surface area (Å²) in [5.41, 5.74) is 0.560. The highest BCUT2D eigenvalue weighted by molar-refractivity contribution is 14.1. The van der Waals surface area contributed by atoms with Gasteiger partial charge in [0.1, 0.15) is 0 Å². The van der Waals surface area contributed by atoms with Gasteiger partial charge in [-0.05, 0) is 43.9 Å². The molecule has 2 heteroatoms. The van der Waals surface area contributed by atoms with E-state index in [0.29, 0.717) is 17.6 Å². The SMILES string of the molecule is CC1(C)CCC(OC2CCCCCCC2I)CC1. The van der Waals surface area contributed by atoms with Gasteiger partial charge in [-0.25, -0.2) is 0 Å². The van der Waals surface area contributed by atoms with E-state index in [4.69, 9.17) is 4.74 Å². The first-order valence-electron chi connectivity index (χ1n) is 7.86. The molecule has 1 nitrogen and oxygen atoms in total. The fourth-order valence-electron chi connectivity index (χ4n) is 3.31. The minimum absolute atomic E-state index is 0.539. The summed E-state index contributed by atoms with van der Waals surface area (Å²) in [5, 5.41) is 0. The van der Waals surface area contributed by atoms with Crippen LogP contribution in [0.5, 0.6) is 0 Å². The van der Waals surface area contributed by atoms with Gasteiger partial charge in [-0.15, -0.1) is 0 Å². The molecule has 0 aromatic rings. The van der Waals surface area contributed by atoms with Crippen molar-refractivity contribution in [2.45, 2.75) is 94.2 Å². The van der Waals surface area contributed by atoms with E-state index in [1.807, 2.05) is 0 Å². The Balaban J connectivity index is 1.80. The summed E-state index contributed by atoms with van der Waals surface area (Å²) in [6.45, 7) is 4.81. The van der Waals surface area contributed by atoms with Gasteiger partial charge >= 0.3 is 0 Å². The van der Waals surface area contributed by atoms with Crippen LogP contribution >= 0.6 is 22.6 Å². The summed E-state index contributed by atoms with van der Waals surface area (Å²) < 4.78 is 7.21. The number of hydrogen-bond acceptors (Lipinski definition) is 1. The van der Waals surface area contributed by atoms with Crippen molar-refractivity contribution in [2.24, 2.45) is 5.41 Å². The Bertz CT molecular complexity index is 241. The molecule has 0 aliphatic heterocycles.